The van der Waals surface area contributed by atoms with E-state index in [2.05, 4.69) is 48.5 Å². The van der Waals surface area contributed by atoms with Crippen LogP contribution < -0.4 is 0 Å². The van der Waals surface area contributed by atoms with Crippen molar-refractivity contribution >= 4 is 0 Å². The zero-order chi connectivity index (χ0) is 12.1. The van der Waals surface area contributed by atoms with Crippen molar-refractivity contribution in [3.8, 4) is 0 Å². The molecule has 0 aromatic rings. The van der Waals surface area contributed by atoms with Crippen molar-refractivity contribution < 1.29 is 9.47 Å². The van der Waals surface area contributed by atoms with Gasteiger partial charge in [-0.05, 0) is 54.4 Å². The predicted molar refractivity (Wildman–Crippen MR) is 65.0 cm³/mol. The molecule has 92 valence electrons. The lowest BCUT2D eigenvalue weighted by atomic mass is 10.1. The highest BCUT2D eigenvalue weighted by Crippen LogP contribution is 2.21. The van der Waals surface area contributed by atoms with Crippen LogP contribution in [-0.4, -0.2) is 17.5 Å². The predicted octanol–water partition coefficient (Wildman–Crippen LogP) is 4.13. The minimum Gasteiger partial charge on any atom is -0.347 e. The van der Waals surface area contributed by atoms with E-state index >= 15 is 0 Å². The Hall–Kier alpha value is -0.0800. The van der Waals surface area contributed by atoms with Crippen molar-refractivity contribution in [3.63, 3.8) is 0 Å². The third-order valence-electron chi connectivity index (χ3n) is 1.76. The Morgan fingerprint density at radius 3 is 1.53 bits per heavy atom. The highest BCUT2D eigenvalue weighted by atomic mass is 16.7. The molecule has 0 atom stereocenters. The number of unbranched alkanes of at least 4 members (excludes halogenated alkanes) is 1. The lowest BCUT2D eigenvalue weighted by Gasteiger charge is -2.32. The van der Waals surface area contributed by atoms with Crippen LogP contribution in [0.2, 0.25) is 0 Å². The molecule has 0 aromatic heterocycles. The van der Waals surface area contributed by atoms with Crippen LogP contribution >= 0.6 is 0 Å². The minimum atomic E-state index is -0.135. The number of hydrogen-bond acceptors (Lipinski definition) is 2. The molecule has 15 heavy (non-hydrogen) atoms. The number of rotatable bonds is 5. The molecule has 0 radical (unpaired) electrons. The van der Waals surface area contributed by atoms with Crippen LogP contribution in [0, 0.1) is 0 Å². The van der Waals surface area contributed by atoms with Crippen molar-refractivity contribution in [1.29, 1.82) is 0 Å². The summed E-state index contributed by atoms with van der Waals surface area (Å²) < 4.78 is 11.8. The Kier molecular flexibility index (Phi) is 5.82. The molecule has 0 aromatic carbocycles. The van der Waals surface area contributed by atoms with Crippen LogP contribution in [0.3, 0.4) is 0 Å². The summed E-state index contributed by atoms with van der Waals surface area (Å²) in [7, 11) is 0. The molecule has 0 spiro atoms. The fourth-order valence-corrected chi connectivity index (χ4v) is 1.30. The molecule has 0 saturated heterocycles. The second kappa shape index (κ2) is 5.86. The van der Waals surface area contributed by atoms with Gasteiger partial charge in [-0.3, -0.25) is 0 Å². The fourth-order valence-electron chi connectivity index (χ4n) is 1.30. The van der Waals surface area contributed by atoms with Gasteiger partial charge in [0.25, 0.3) is 0 Å². The molecule has 0 N–H and O–H groups in total. The molecule has 0 fully saturated rings. The summed E-state index contributed by atoms with van der Waals surface area (Å²) in [5.41, 5.74) is -0.271. The van der Waals surface area contributed by atoms with E-state index in [-0.39, 0.29) is 17.5 Å². The van der Waals surface area contributed by atoms with Crippen molar-refractivity contribution in [2.75, 3.05) is 0 Å². The maximum absolute atomic E-state index is 5.89. The molecule has 2 nitrogen and oxygen atoms in total. The second-order valence-corrected chi connectivity index (χ2v) is 6.03. The first-order valence-corrected chi connectivity index (χ1v) is 6.00. The summed E-state index contributed by atoms with van der Waals surface area (Å²) in [5, 5.41) is 0. The van der Waals surface area contributed by atoms with Crippen LogP contribution in [0.15, 0.2) is 0 Å². The van der Waals surface area contributed by atoms with Gasteiger partial charge in [0.15, 0.2) is 6.29 Å². The lowest BCUT2D eigenvalue weighted by molar-refractivity contribution is -0.236. The normalized spacial score (nSPS) is 13.6. The Balaban J connectivity index is 4.19. The van der Waals surface area contributed by atoms with Crippen LogP contribution in [0.25, 0.3) is 0 Å². The van der Waals surface area contributed by atoms with Crippen molar-refractivity contribution in [2.45, 2.75) is 85.2 Å². The SMILES string of the molecule is CCCCC(OC(C)(C)C)OC(C)(C)C. The maximum atomic E-state index is 5.89. The Labute approximate surface area is 95.3 Å². The third-order valence-corrected chi connectivity index (χ3v) is 1.76. The van der Waals surface area contributed by atoms with Crippen LogP contribution in [-0.2, 0) is 9.47 Å². The summed E-state index contributed by atoms with van der Waals surface area (Å²) in [4.78, 5) is 0. The van der Waals surface area contributed by atoms with Gasteiger partial charge < -0.3 is 9.47 Å². The van der Waals surface area contributed by atoms with Crippen molar-refractivity contribution in [1.82, 2.24) is 0 Å². The van der Waals surface area contributed by atoms with Gasteiger partial charge >= 0.3 is 0 Å². The molecule has 0 heterocycles. The molecule has 0 bridgehead atoms. The summed E-state index contributed by atoms with van der Waals surface area (Å²) in [6.45, 7) is 14.6. The van der Waals surface area contributed by atoms with Gasteiger partial charge in [-0.25, -0.2) is 0 Å². The second-order valence-electron chi connectivity index (χ2n) is 6.03. The Bertz CT molecular complexity index is 146. The quantitative estimate of drug-likeness (QED) is 0.643. The van der Waals surface area contributed by atoms with Gasteiger partial charge in [0, 0.05) is 0 Å². The van der Waals surface area contributed by atoms with E-state index in [9.17, 15) is 0 Å². The molecule has 0 amide bonds. The first-order chi connectivity index (χ1) is 6.64. The van der Waals surface area contributed by atoms with Crippen molar-refractivity contribution in [3.05, 3.63) is 0 Å². The largest absolute Gasteiger partial charge is 0.347 e. The number of ether oxygens (including phenoxy) is 2. The van der Waals surface area contributed by atoms with Gasteiger partial charge in [-0.2, -0.15) is 0 Å². The van der Waals surface area contributed by atoms with Gasteiger partial charge in [0.05, 0.1) is 11.2 Å². The highest BCUT2D eigenvalue weighted by molar-refractivity contribution is 4.65. The first-order valence-electron chi connectivity index (χ1n) is 6.00. The van der Waals surface area contributed by atoms with E-state index in [1.54, 1.807) is 0 Å². The summed E-state index contributed by atoms with van der Waals surface area (Å²) >= 11 is 0. The third kappa shape index (κ3) is 10.2. The minimum absolute atomic E-state index is 0.0788. The standard InChI is InChI=1S/C13H28O2/c1-8-9-10-11(14-12(2,3)4)15-13(5,6)7/h11H,8-10H2,1-7H3. The fraction of sp³-hybridized carbons (Fsp3) is 1.00. The zero-order valence-corrected chi connectivity index (χ0v) is 11.5. The molecule has 0 saturated carbocycles. The molecule has 0 aliphatic rings. The average molecular weight is 216 g/mol. The summed E-state index contributed by atoms with van der Waals surface area (Å²) in [5.74, 6) is 0. The summed E-state index contributed by atoms with van der Waals surface area (Å²) in [6, 6.07) is 0. The Morgan fingerprint density at radius 2 is 1.27 bits per heavy atom. The van der Waals surface area contributed by atoms with E-state index in [0.717, 1.165) is 12.8 Å². The van der Waals surface area contributed by atoms with E-state index in [0.29, 0.717) is 0 Å². The monoisotopic (exact) mass is 216 g/mol. The van der Waals surface area contributed by atoms with Crippen LogP contribution in [0.5, 0.6) is 0 Å². The van der Waals surface area contributed by atoms with E-state index < -0.39 is 0 Å². The molecule has 2 heteroatoms. The van der Waals surface area contributed by atoms with Crippen LogP contribution in [0.4, 0.5) is 0 Å². The van der Waals surface area contributed by atoms with E-state index in [1.165, 1.54) is 6.42 Å². The van der Waals surface area contributed by atoms with Crippen molar-refractivity contribution in [2.24, 2.45) is 0 Å². The van der Waals surface area contributed by atoms with E-state index in [1.807, 2.05) is 0 Å². The van der Waals surface area contributed by atoms with Gasteiger partial charge in [0.1, 0.15) is 0 Å². The van der Waals surface area contributed by atoms with Gasteiger partial charge in [-0.15, -0.1) is 0 Å². The maximum Gasteiger partial charge on any atom is 0.158 e. The average Bonchev–Trinajstić information content (AvgIpc) is 1.94. The molecule has 0 rings (SSSR count). The molecule has 0 unspecified atom stereocenters. The topological polar surface area (TPSA) is 18.5 Å². The number of hydrogen-bond donors (Lipinski definition) is 0. The summed E-state index contributed by atoms with van der Waals surface area (Å²) in [6.07, 6.45) is 3.23. The molecular formula is C13H28O2. The molecule has 0 aliphatic heterocycles. The molecule has 0 aliphatic carbocycles. The zero-order valence-electron chi connectivity index (χ0n) is 11.5. The molecular weight excluding hydrogens is 188 g/mol. The Morgan fingerprint density at radius 1 is 0.867 bits per heavy atom. The first kappa shape index (κ1) is 14.9. The smallest absolute Gasteiger partial charge is 0.158 e. The lowest BCUT2D eigenvalue weighted by Crippen LogP contribution is -2.35. The highest BCUT2D eigenvalue weighted by Gasteiger charge is 2.23. The van der Waals surface area contributed by atoms with E-state index in [4.69, 9.17) is 9.47 Å². The van der Waals surface area contributed by atoms with Gasteiger partial charge in [0.2, 0.25) is 0 Å². The van der Waals surface area contributed by atoms with Gasteiger partial charge in [-0.1, -0.05) is 13.3 Å². The van der Waals surface area contributed by atoms with Crippen LogP contribution in [0.1, 0.15) is 67.7 Å².